The Balaban J connectivity index is 2.02. The van der Waals surface area contributed by atoms with Gasteiger partial charge in [0.2, 0.25) is 0 Å². The van der Waals surface area contributed by atoms with E-state index in [1.165, 1.54) is 6.07 Å². The number of nitrogens with zero attached hydrogens (tertiary/aromatic N) is 1. The lowest BCUT2D eigenvalue weighted by Crippen LogP contribution is -1.88. The van der Waals surface area contributed by atoms with Crippen LogP contribution in [0.15, 0.2) is 41.4 Å². The predicted molar refractivity (Wildman–Crippen MR) is 69.6 cm³/mol. The topological polar surface area (TPSA) is 38.9 Å². The van der Waals surface area contributed by atoms with Crippen molar-refractivity contribution in [1.82, 2.24) is 4.98 Å². The van der Waals surface area contributed by atoms with E-state index in [1.807, 2.05) is 12.1 Å². The van der Waals surface area contributed by atoms with Crippen molar-refractivity contribution in [3.63, 3.8) is 0 Å². The standard InChI is InChI=1S/C12H10ClFN2S/c13-10-3-1-8(5-11(10)14)7-17-9-2-4-12(15)16-6-9/h1-6H,7H2,(H2,15,16). The van der Waals surface area contributed by atoms with Gasteiger partial charge in [0.05, 0.1) is 5.02 Å². The minimum atomic E-state index is -0.389. The maximum atomic E-state index is 13.2. The molecule has 0 saturated heterocycles. The molecule has 2 aromatic rings. The molecule has 0 aliphatic rings. The second-order valence-corrected chi connectivity index (χ2v) is 4.91. The zero-order chi connectivity index (χ0) is 12.3. The number of pyridine rings is 1. The molecule has 0 spiro atoms. The number of nitrogen functional groups attached to an aromatic ring is 1. The summed E-state index contributed by atoms with van der Waals surface area (Å²) in [7, 11) is 0. The largest absolute Gasteiger partial charge is 0.384 e. The minimum absolute atomic E-state index is 0.146. The molecule has 17 heavy (non-hydrogen) atoms. The first-order valence-corrected chi connectivity index (χ1v) is 6.30. The molecule has 0 aliphatic carbocycles. The van der Waals surface area contributed by atoms with Crippen LogP contribution in [0.5, 0.6) is 0 Å². The second-order valence-electron chi connectivity index (χ2n) is 3.46. The van der Waals surface area contributed by atoms with E-state index in [0.717, 1.165) is 10.5 Å². The van der Waals surface area contributed by atoms with E-state index < -0.39 is 0 Å². The molecule has 0 unspecified atom stereocenters. The van der Waals surface area contributed by atoms with Crippen molar-refractivity contribution in [3.8, 4) is 0 Å². The van der Waals surface area contributed by atoms with Gasteiger partial charge in [-0.1, -0.05) is 17.7 Å². The highest BCUT2D eigenvalue weighted by molar-refractivity contribution is 7.98. The number of thioether (sulfide) groups is 1. The number of halogens is 2. The van der Waals surface area contributed by atoms with Gasteiger partial charge in [0, 0.05) is 16.8 Å². The summed E-state index contributed by atoms with van der Waals surface area (Å²) in [6.45, 7) is 0. The first kappa shape index (κ1) is 12.2. The second kappa shape index (κ2) is 5.38. The summed E-state index contributed by atoms with van der Waals surface area (Å²) in [5.41, 5.74) is 6.37. The van der Waals surface area contributed by atoms with Gasteiger partial charge < -0.3 is 5.73 Å². The molecule has 88 valence electrons. The monoisotopic (exact) mass is 268 g/mol. The Hall–Kier alpha value is -1.26. The number of benzene rings is 1. The van der Waals surface area contributed by atoms with Crippen LogP contribution in [0.3, 0.4) is 0 Å². The van der Waals surface area contributed by atoms with Crippen LogP contribution < -0.4 is 5.73 Å². The lowest BCUT2D eigenvalue weighted by atomic mass is 10.2. The third kappa shape index (κ3) is 3.35. The number of anilines is 1. The summed E-state index contributed by atoms with van der Waals surface area (Å²) in [6.07, 6.45) is 1.70. The summed E-state index contributed by atoms with van der Waals surface area (Å²) >= 11 is 7.18. The van der Waals surface area contributed by atoms with Crippen LogP contribution in [0.1, 0.15) is 5.56 Å². The van der Waals surface area contributed by atoms with Gasteiger partial charge >= 0.3 is 0 Å². The molecule has 0 fully saturated rings. The highest BCUT2D eigenvalue weighted by atomic mass is 35.5. The Bertz CT molecular complexity index is 516. The lowest BCUT2D eigenvalue weighted by molar-refractivity contribution is 0.627. The zero-order valence-corrected chi connectivity index (χ0v) is 10.4. The van der Waals surface area contributed by atoms with Crippen LogP contribution in [-0.2, 0) is 5.75 Å². The number of hydrogen-bond acceptors (Lipinski definition) is 3. The van der Waals surface area contributed by atoms with E-state index in [4.69, 9.17) is 17.3 Å². The first-order valence-electron chi connectivity index (χ1n) is 4.93. The van der Waals surface area contributed by atoms with E-state index in [9.17, 15) is 4.39 Å². The molecule has 0 atom stereocenters. The van der Waals surface area contributed by atoms with Gasteiger partial charge in [0.1, 0.15) is 11.6 Å². The maximum Gasteiger partial charge on any atom is 0.142 e. The Kier molecular flexibility index (Phi) is 3.86. The molecule has 0 saturated carbocycles. The molecule has 5 heteroatoms. The molecular formula is C12H10ClFN2S. The van der Waals surface area contributed by atoms with Gasteiger partial charge in [-0.2, -0.15) is 0 Å². The zero-order valence-electron chi connectivity index (χ0n) is 8.86. The number of hydrogen-bond donors (Lipinski definition) is 1. The fourth-order valence-corrected chi connectivity index (χ4v) is 2.20. The van der Waals surface area contributed by atoms with Gasteiger partial charge in [0.25, 0.3) is 0 Å². The number of aromatic nitrogens is 1. The molecule has 1 heterocycles. The van der Waals surface area contributed by atoms with E-state index >= 15 is 0 Å². The van der Waals surface area contributed by atoms with E-state index in [-0.39, 0.29) is 10.8 Å². The smallest absolute Gasteiger partial charge is 0.142 e. The van der Waals surface area contributed by atoms with Crippen LogP contribution >= 0.6 is 23.4 Å². The van der Waals surface area contributed by atoms with E-state index in [0.29, 0.717) is 11.6 Å². The quantitative estimate of drug-likeness (QED) is 0.862. The van der Waals surface area contributed by atoms with Gasteiger partial charge in [-0.15, -0.1) is 11.8 Å². The van der Waals surface area contributed by atoms with Crippen molar-refractivity contribution in [2.45, 2.75) is 10.6 Å². The molecule has 1 aromatic heterocycles. The van der Waals surface area contributed by atoms with Gasteiger partial charge in [-0.05, 0) is 29.8 Å². The molecule has 0 bridgehead atoms. The normalized spacial score (nSPS) is 10.5. The molecular weight excluding hydrogens is 259 g/mol. The Morgan fingerprint density at radius 2 is 2.12 bits per heavy atom. The molecule has 0 amide bonds. The van der Waals surface area contributed by atoms with Crippen LogP contribution in [0.2, 0.25) is 5.02 Å². The summed E-state index contributed by atoms with van der Waals surface area (Å²) in [5, 5.41) is 0.146. The fraction of sp³-hybridized carbons (Fsp3) is 0.0833. The van der Waals surface area contributed by atoms with Crippen molar-refractivity contribution in [2.24, 2.45) is 0 Å². The lowest BCUT2D eigenvalue weighted by Gasteiger charge is -2.03. The Morgan fingerprint density at radius 1 is 1.29 bits per heavy atom. The van der Waals surface area contributed by atoms with Crippen LogP contribution in [-0.4, -0.2) is 4.98 Å². The third-order valence-corrected chi connectivity index (χ3v) is 3.51. The number of rotatable bonds is 3. The highest BCUT2D eigenvalue weighted by Crippen LogP contribution is 2.24. The average molecular weight is 269 g/mol. The van der Waals surface area contributed by atoms with Crippen LogP contribution in [0.4, 0.5) is 10.2 Å². The number of nitrogens with two attached hydrogens (primary N) is 1. The fourth-order valence-electron chi connectivity index (χ4n) is 1.27. The van der Waals surface area contributed by atoms with E-state index in [2.05, 4.69) is 4.98 Å². The van der Waals surface area contributed by atoms with Crippen molar-refractivity contribution in [2.75, 3.05) is 5.73 Å². The summed E-state index contributed by atoms with van der Waals surface area (Å²) in [6, 6.07) is 8.45. The van der Waals surface area contributed by atoms with Crippen LogP contribution in [0, 0.1) is 5.82 Å². The van der Waals surface area contributed by atoms with Crippen LogP contribution in [0.25, 0.3) is 0 Å². The molecule has 2 nitrogen and oxygen atoms in total. The molecule has 0 aliphatic heterocycles. The predicted octanol–water partition coefficient (Wildman–Crippen LogP) is 3.75. The summed E-state index contributed by atoms with van der Waals surface area (Å²) in [5.74, 6) is 0.770. The van der Waals surface area contributed by atoms with Crippen molar-refractivity contribution in [1.29, 1.82) is 0 Å². The third-order valence-electron chi connectivity index (χ3n) is 2.15. The minimum Gasteiger partial charge on any atom is -0.384 e. The SMILES string of the molecule is Nc1ccc(SCc2ccc(Cl)c(F)c2)cn1. The first-order chi connectivity index (χ1) is 8.15. The summed E-state index contributed by atoms with van der Waals surface area (Å²) in [4.78, 5) is 4.98. The molecule has 2 rings (SSSR count). The summed E-state index contributed by atoms with van der Waals surface area (Å²) < 4.78 is 13.2. The molecule has 2 N–H and O–H groups in total. The highest BCUT2D eigenvalue weighted by Gasteiger charge is 2.02. The maximum absolute atomic E-state index is 13.2. The van der Waals surface area contributed by atoms with E-state index in [1.54, 1.807) is 30.1 Å². The Morgan fingerprint density at radius 3 is 2.76 bits per heavy atom. The van der Waals surface area contributed by atoms with Crippen molar-refractivity contribution in [3.05, 3.63) is 52.9 Å². The Labute approximate surface area is 108 Å². The van der Waals surface area contributed by atoms with Gasteiger partial charge in [-0.25, -0.2) is 9.37 Å². The molecule has 1 aromatic carbocycles. The van der Waals surface area contributed by atoms with Gasteiger partial charge in [0.15, 0.2) is 0 Å². The molecule has 0 radical (unpaired) electrons. The van der Waals surface area contributed by atoms with Crippen molar-refractivity contribution < 1.29 is 4.39 Å². The average Bonchev–Trinajstić information content (AvgIpc) is 2.33. The van der Waals surface area contributed by atoms with Crippen molar-refractivity contribution >= 4 is 29.2 Å². The van der Waals surface area contributed by atoms with Gasteiger partial charge in [-0.3, -0.25) is 0 Å².